The molecule has 0 atom stereocenters. The van der Waals surface area contributed by atoms with Crippen molar-refractivity contribution < 1.29 is 9.59 Å². The molecule has 0 spiro atoms. The summed E-state index contributed by atoms with van der Waals surface area (Å²) in [6.45, 7) is 0.474. The van der Waals surface area contributed by atoms with E-state index in [0.29, 0.717) is 17.1 Å². The van der Waals surface area contributed by atoms with Crippen LogP contribution in [0.4, 0.5) is 0 Å². The number of rotatable bonds is 4. The van der Waals surface area contributed by atoms with Crippen LogP contribution in [0.25, 0.3) is 0 Å². The number of hydrazine groups is 1. The molecule has 6 nitrogen and oxygen atoms in total. The SMILES string of the molecule is O=C(NNC(=O)C1CC1)c1cnn(Cc2ccccc2Cl)c1. The van der Waals surface area contributed by atoms with E-state index in [2.05, 4.69) is 16.0 Å². The molecule has 0 radical (unpaired) electrons. The van der Waals surface area contributed by atoms with Gasteiger partial charge in [0.05, 0.1) is 18.3 Å². The molecule has 0 aliphatic heterocycles. The van der Waals surface area contributed by atoms with Crippen molar-refractivity contribution in [3.05, 3.63) is 52.8 Å². The molecule has 1 aromatic heterocycles. The second-order valence-corrected chi connectivity index (χ2v) is 5.64. The summed E-state index contributed by atoms with van der Waals surface area (Å²) < 4.78 is 1.62. The molecule has 3 rings (SSSR count). The second-order valence-electron chi connectivity index (χ2n) is 5.24. The van der Waals surface area contributed by atoms with E-state index in [-0.39, 0.29) is 17.7 Å². The highest BCUT2D eigenvalue weighted by Crippen LogP contribution is 2.28. The number of hydrogen-bond donors (Lipinski definition) is 2. The number of halogens is 1. The molecular weight excluding hydrogens is 304 g/mol. The molecule has 0 saturated heterocycles. The van der Waals surface area contributed by atoms with E-state index >= 15 is 0 Å². The number of nitrogens with one attached hydrogen (secondary N) is 2. The third-order valence-electron chi connectivity index (χ3n) is 3.43. The number of amides is 2. The summed E-state index contributed by atoms with van der Waals surface area (Å²) in [6.07, 6.45) is 4.84. The summed E-state index contributed by atoms with van der Waals surface area (Å²) in [7, 11) is 0. The first-order valence-corrected chi connectivity index (χ1v) is 7.37. The minimum Gasteiger partial charge on any atom is -0.273 e. The largest absolute Gasteiger partial charge is 0.273 e. The maximum Gasteiger partial charge on any atom is 0.272 e. The highest BCUT2D eigenvalue weighted by molar-refractivity contribution is 6.31. The fourth-order valence-electron chi connectivity index (χ4n) is 2.01. The molecule has 1 aromatic carbocycles. The summed E-state index contributed by atoms with van der Waals surface area (Å²) in [5, 5.41) is 4.79. The molecule has 2 aromatic rings. The zero-order valence-electron chi connectivity index (χ0n) is 11.8. The maximum absolute atomic E-state index is 11.9. The number of aromatic nitrogens is 2. The Morgan fingerprint density at radius 1 is 1.27 bits per heavy atom. The van der Waals surface area contributed by atoms with E-state index in [1.165, 1.54) is 6.20 Å². The van der Waals surface area contributed by atoms with Gasteiger partial charge in [0.1, 0.15) is 0 Å². The van der Waals surface area contributed by atoms with Gasteiger partial charge in [0.25, 0.3) is 5.91 Å². The minimum absolute atomic E-state index is 0.0447. The molecule has 1 saturated carbocycles. The summed E-state index contributed by atoms with van der Waals surface area (Å²) in [4.78, 5) is 23.4. The third kappa shape index (κ3) is 3.46. The molecule has 0 bridgehead atoms. The normalized spacial score (nSPS) is 13.7. The van der Waals surface area contributed by atoms with Crippen LogP contribution in [0.5, 0.6) is 0 Å². The summed E-state index contributed by atoms with van der Waals surface area (Å²) in [5.74, 6) is -0.487. The van der Waals surface area contributed by atoms with Gasteiger partial charge in [-0.1, -0.05) is 29.8 Å². The molecule has 22 heavy (non-hydrogen) atoms. The quantitative estimate of drug-likeness (QED) is 0.843. The van der Waals surface area contributed by atoms with E-state index in [9.17, 15) is 9.59 Å². The number of hydrogen-bond acceptors (Lipinski definition) is 3. The Hall–Kier alpha value is -2.34. The lowest BCUT2D eigenvalue weighted by atomic mass is 10.2. The molecule has 7 heteroatoms. The van der Waals surface area contributed by atoms with Gasteiger partial charge < -0.3 is 0 Å². The van der Waals surface area contributed by atoms with Crippen molar-refractivity contribution in [1.82, 2.24) is 20.6 Å². The number of benzene rings is 1. The highest BCUT2D eigenvalue weighted by atomic mass is 35.5. The Kier molecular flexibility index (Phi) is 4.11. The first-order chi connectivity index (χ1) is 10.6. The van der Waals surface area contributed by atoms with Crippen molar-refractivity contribution in [2.24, 2.45) is 5.92 Å². The van der Waals surface area contributed by atoms with Crippen molar-refractivity contribution in [3.63, 3.8) is 0 Å². The van der Waals surface area contributed by atoms with Crippen LogP contribution in [-0.2, 0) is 11.3 Å². The topological polar surface area (TPSA) is 76.0 Å². The van der Waals surface area contributed by atoms with Gasteiger partial charge >= 0.3 is 0 Å². The van der Waals surface area contributed by atoms with Gasteiger partial charge in [-0.25, -0.2) is 0 Å². The molecule has 0 unspecified atom stereocenters. The molecular formula is C15H15ClN4O2. The average molecular weight is 319 g/mol. The molecule has 1 aliphatic rings. The molecule has 114 valence electrons. The van der Waals surface area contributed by atoms with Crippen molar-refractivity contribution >= 4 is 23.4 Å². The fraction of sp³-hybridized carbons (Fsp3) is 0.267. The Balaban J connectivity index is 1.59. The number of nitrogens with zero attached hydrogens (tertiary/aromatic N) is 2. The van der Waals surface area contributed by atoms with Crippen molar-refractivity contribution in [3.8, 4) is 0 Å². The molecule has 2 N–H and O–H groups in total. The minimum atomic E-state index is -0.389. The Bertz CT molecular complexity index is 709. The van der Waals surface area contributed by atoms with Crippen LogP contribution in [-0.4, -0.2) is 21.6 Å². The summed E-state index contributed by atoms with van der Waals surface area (Å²) in [6, 6.07) is 7.46. The first kappa shape index (κ1) is 14.6. The molecule has 1 aliphatic carbocycles. The van der Waals surface area contributed by atoms with Gasteiger partial charge in [-0.3, -0.25) is 25.1 Å². The Morgan fingerprint density at radius 3 is 2.77 bits per heavy atom. The first-order valence-electron chi connectivity index (χ1n) is 6.99. The average Bonchev–Trinajstić information content (AvgIpc) is 3.26. The Labute approximate surface area is 132 Å². The van der Waals surface area contributed by atoms with Crippen LogP contribution in [0.1, 0.15) is 28.8 Å². The van der Waals surface area contributed by atoms with E-state index in [1.54, 1.807) is 16.9 Å². The van der Waals surface area contributed by atoms with Crippen molar-refractivity contribution in [2.45, 2.75) is 19.4 Å². The Morgan fingerprint density at radius 2 is 2.05 bits per heavy atom. The van der Waals surface area contributed by atoms with Crippen LogP contribution in [0.15, 0.2) is 36.7 Å². The zero-order valence-corrected chi connectivity index (χ0v) is 12.5. The predicted molar refractivity (Wildman–Crippen MR) is 81.1 cm³/mol. The van der Waals surface area contributed by atoms with Gasteiger partial charge in [-0.15, -0.1) is 0 Å². The van der Waals surface area contributed by atoms with Crippen LogP contribution < -0.4 is 10.9 Å². The van der Waals surface area contributed by atoms with Gasteiger partial charge in [-0.05, 0) is 24.5 Å². The maximum atomic E-state index is 11.9. The summed E-state index contributed by atoms with van der Waals surface area (Å²) in [5.41, 5.74) is 6.10. The van der Waals surface area contributed by atoms with Gasteiger partial charge in [0, 0.05) is 17.1 Å². The molecule has 1 fully saturated rings. The number of carbonyl (C=O) groups is 2. The monoisotopic (exact) mass is 318 g/mol. The smallest absolute Gasteiger partial charge is 0.272 e. The zero-order chi connectivity index (χ0) is 15.5. The fourth-order valence-corrected chi connectivity index (χ4v) is 2.20. The van der Waals surface area contributed by atoms with E-state index in [1.807, 2.05) is 18.2 Å². The second kappa shape index (κ2) is 6.19. The van der Waals surface area contributed by atoms with E-state index in [0.717, 1.165) is 18.4 Å². The lowest BCUT2D eigenvalue weighted by Gasteiger charge is -2.05. The van der Waals surface area contributed by atoms with E-state index < -0.39 is 0 Å². The van der Waals surface area contributed by atoms with Gasteiger partial charge in [0.2, 0.25) is 5.91 Å². The standard InChI is InChI=1S/C15H15ClN4O2/c16-13-4-2-1-3-11(13)8-20-9-12(7-17-20)15(22)19-18-14(21)10-5-6-10/h1-4,7,9-10H,5-6,8H2,(H,18,21)(H,19,22). The molecule has 2 amide bonds. The molecule has 1 heterocycles. The van der Waals surface area contributed by atoms with Crippen LogP contribution >= 0.6 is 11.6 Å². The van der Waals surface area contributed by atoms with Gasteiger partial charge in [0.15, 0.2) is 0 Å². The lowest BCUT2D eigenvalue weighted by molar-refractivity contribution is -0.123. The van der Waals surface area contributed by atoms with Gasteiger partial charge in [-0.2, -0.15) is 5.10 Å². The van der Waals surface area contributed by atoms with Crippen molar-refractivity contribution in [1.29, 1.82) is 0 Å². The number of carbonyl (C=O) groups excluding carboxylic acids is 2. The van der Waals surface area contributed by atoms with Crippen LogP contribution in [0.2, 0.25) is 5.02 Å². The third-order valence-corrected chi connectivity index (χ3v) is 3.80. The van der Waals surface area contributed by atoms with Crippen molar-refractivity contribution in [2.75, 3.05) is 0 Å². The lowest BCUT2D eigenvalue weighted by Crippen LogP contribution is -2.42. The highest BCUT2D eigenvalue weighted by Gasteiger charge is 2.29. The van der Waals surface area contributed by atoms with E-state index in [4.69, 9.17) is 11.6 Å². The van der Waals surface area contributed by atoms with Crippen LogP contribution in [0, 0.1) is 5.92 Å². The summed E-state index contributed by atoms with van der Waals surface area (Å²) >= 11 is 6.10. The predicted octanol–water partition coefficient (Wildman–Crippen LogP) is 1.76. The van der Waals surface area contributed by atoms with Crippen LogP contribution in [0.3, 0.4) is 0 Å².